The van der Waals surface area contributed by atoms with Crippen LogP contribution in [0.4, 0.5) is 14.5 Å². The van der Waals surface area contributed by atoms with Gasteiger partial charge in [-0.3, -0.25) is 4.79 Å². The number of aryl methyl sites for hydroxylation is 1. The van der Waals surface area contributed by atoms with Gasteiger partial charge in [0.15, 0.2) is 0 Å². The number of nitrogen functional groups attached to an aromatic ring is 1. The summed E-state index contributed by atoms with van der Waals surface area (Å²) in [6.45, 7) is 1.88. The first kappa shape index (κ1) is 15.0. The summed E-state index contributed by atoms with van der Waals surface area (Å²) in [4.78, 5) is 13.7. The van der Waals surface area contributed by atoms with Crippen molar-refractivity contribution in [2.75, 3.05) is 12.8 Å². The first-order valence-electron chi connectivity index (χ1n) is 6.44. The average molecular weight is 290 g/mol. The number of anilines is 1. The van der Waals surface area contributed by atoms with Gasteiger partial charge in [0, 0.05) is 36.5 Å². The number of nitrogens with two attached hydrogens (primary N) is 1. The normalized spacial score (nSPS) is 10.5. The van der Waals surface area contributed by atoms with E-state index in [9.17, 15) is 13.6 Å². The third-order valence-electron chi connectivity index (χ3n) is 3.29. The van der Waals surface area contributed by atoms with Gasteiger partial charge in [0.1, 0.15) is 11.6 Å². The summed E-state index contributed by atoms with van der Waals surface area (Å²) in [5.41, 5.74) is 7.87. The molecule has 0 saturated heterocycles. The zero-order valence-electron chi connectivity index (χ0n) is 11.9. The Labute approximate surface area is 122 Å². The maximum atomic E-state index is 13.6. The fraction of sp³-hybridized carbons (Fsp3) is 0.188. The van der Waals surface area contributed by atoms with Gasteiger partial charge in [0.2, 0.25) is 0 Å². The Morgan fingerprint density at radius 3 is 2.52 bits per heavy atom. The van der Waals surface area contributed by atoms with Crippen LogP contribution < -0.4 is 5.73 Å². The Hall–Kier alpha value is -2.43. The van der Waals surface area contributed by atoms with Crippen molar-refractivity contribution in [2.24, 2.45) is 0 Å². The van der Waals surface area contributed by atoms with E-state index in [-0.39, 0.29) is 18.0 Å². The summed E-state index contributed by atoms with van der Waals surface area (Å²) in [5.74, 6) is -1.55. The maximum absolute atomic E-state index is 13.6. The molecule has 0 atom stereocenters. The molecule has 0 bridgehead atoms. The van der Waals surface area contributed by atoms with Crippen LogP contribution in [0.2, 0.25) is 0 Å². The molecule has 5 heteroatoms. The number of nitrogens with zero attached hydrogens (tertiary/aromatic N) is 1. The third kappa shape index (κ3) is 3.37. The van der Waals surface area contributed by atoms with Crippen LogP contribution in [-0.2, 0) is 6.54 Å². The first-order chi connectivity index (χ1) is 9.88. The molecule has 2 N–H and O–H groups in total. The third-order valence-corrected chi connectivity index (χ3v) is 3.29. The van der Waals surface area contributed by atoms with E-state index < -0.39 is 11.6 Å². The second kappa shape index (κ2) is 5.91. The largest absolute Gasteiger partial charge is 0.399 e. The van der Waals surface area contributed by atoms with E-state index >= 15 is 0 Å². The van der Waals surface area contributed by atoms with Crippen molar-refractivity contribution in [1.29, 1.82) is 0 Å². The van der Waals surface area contributed by atoms with Crippen LogP contribution in [0.25, 0.3) is 0 Å². The van der Waals surface area contributed by atoms with Crippen molar-refractivity contribution in [3.63, 3.8) is 0 Å². The highest BCUT2D eigenvalue weighted by Crippen LogP contribution is 2.16. The van der Waals surface area contributed by atoms with E-state index in [1.165, 1.54) is 17.0 Å². The van der Waals surface area contributed by atoms with Crippen LogP contribution in [0.3, 0.4) is 0 Å². The van der Waals surface area contributed by atoms with Crippen LogP contribution in [0.5, 0.6) is 0 Å². The van der Waals surface area contributed by atoms with Crippen molar-refractivity contribution in [2.45, 2.75) is 13.5 Å². The molecule has 0 radical (unpaired) electrons. The number of halogens is 2. The highest BCUT2D eigenvalue weighted by Gasteiger charge is 2.14. The molecule has 2 rings (SSSR count). The Morgan fingerprint density at radius 2 is 1.90 bits per heavy atom. The van der Waals surface area contributed by atoms with Crippen molar-refractivity contribution < 1.29 is 13.6 Å². The number of hydrogen-bond acceptors (Lipinski definition) is 2. The summed E-state index contributed by atoms with van der Waals surface area (Å²) in [7, 11) is 1.57. The van der Waals surface area contributed by atoms with Gasteiger partial charge in [-0.15, -0.1) is 0 Å². The molecule has 0 heterocycles. The van der Waals surface area contributed by atoms with E-state index in [1.807, 2.05) is 6.92 Å². The molecular weight excluding hydrogens is 274 g/mol. The van der Waals surface area contributed by atoms with Crippen molar-refractivity contribution in [1.82, 2.24) is 4.90 Å². The fourth-order valence-corrected chi connectivity index (χ4v) is 2.01. The Kier molecular flexibility index (Phi) is 4.21. The number of benzene rings is 2. The smallest absolute Gasteiger partial charge is 0.253 e. The summed E-state index contributed by atoms with van der Waals surface area (Å²) in [5, 5.41) is 0. The molecule has 1 amide bonds. The van der Waals surface area contributed by atoms with Crippen molar-refractivity contribution >= 4 is 11.6 Å². The molecule has 0 aliphatic rings. The van der Waals surface area contributed by atoms with Crippen LogP contribution >= 0.6 is 0 Å². The number of carbonyl (C=O) groups is 1. The van der Waals surface area contributed by atoms with Gasteiger partial charge in [0.05, 0.1) is 0 Å². The summed E-state index contributed by atoms with van der Waals surface area (Å²) in [6, 6.07) is 8.29. The summed E-state index contributed by atoms with van der Waals surface area (Å²) < 4.78 is 26.5. The zero-order chi connectivity index (χ0) is 15.6. The molecule has 0 aromatic heterocycles. The minimum absolute atomic E-state index is 0.0639. The Balaban J connectivity index is 2.17. The Bertz CT molecular complexity index is 686. The minimum atomic E-state index is -0.664. The number of rotatable bonds is 3. The highest BCUT2D eigenvalue weighted by atomic mass is 19.1. The molecule has 0 unspecified atom stereocenters. The minimum Gasteiger partial charge on any atom is -0.399 e. The second-order valence-corrected chi connectivity index (χ2v) is 4.97. The molecule has 0 fully saturated rings. The topological polar surface area (TPSA) is 46.3 Å². The van der Waals surface area contributed by atoms with Gasteiger partial charge in [-0.25, -0.2) is 8.78 Å². The molecule has 2 aromatic carbocycles. The number of carbonyl (C=O) groups excluding carboxylic acids is 1. The van der Waals surface area contributed by atoms with E-state index in [0.29, 0.717) is 11.3 Å². The van der Waals surface area contributed by atoms with Gasteiger partial charge in [-0.05, 0) is 36.8 Å². The van der Waals surface area contributed by atoms with E-state index in [2.05, 4.69) is 0 Å². The van der Waals surface area contributed by atoms with Gasteiger partial charge < -0.3 is 10.6 Å². The molecular formula is C16H16F2N2O. The average Bonchev–Trinajstić information content (AvgIpc) is 2.44. The van der Waals surface area contributed by atoms with Crippen LogP contribution in [0.15, 0.2) is 36.4 Å². The lowest BCUT2D eigenvalue weighted by atomic mass is 10.1. The van der Waals surface area contributed by atoms with E-state index in [0.717, 1.165) is 11.6 Å². The van der Waals surface area contributed by atoms with E-state index in [4.69, 9.17) is 5.73 Å². The standard InChI is InChI=1S/C16H16F2N2O/c1-10-7-11(4-6-15(10)19)16(21)20(2)9-12-3-5-13(17)8-14(12)18/h3-8H,9,19H2,1-2H3. The van der Waals surface area contributed by atoms with Gasteiger partial charge in [-0.1, -0.05) is 6.07 Å². The molecule has 0 aliphatic heterocycles. The van der Waals surface area contributed by atoms with Crippen molar-refractivity contribution in [3.8, 4) is 0 Å². The zero-order valence-corrected chi connectivity index (χ0v) is 11.9. The SMILES string of the molecule is Cc1cc(C(=O)N(C)Cc2ccc(F)cc2F)ccc1N. The van der Waals surface area contributed by atoms with Crippen LogP contribution in [-0.4, -0.2) is 17.9 Å². The van der Waals surface area contributed by atoms with Crippen LogP contribution in [0.1, 0.15) is 21.5 Å². The molecule has 0 spiro atoms. The van der Waals surface area contributed by atoms with Crippen LogP contribution in [0, 0.1) is 18.6 Å². The maximum Gasteiger partial charge on any atom is 0.253 e. The highest BCUT2D eigenvalue weighted by molar-refractivity contribution is 5.94. The lowest BCUT2D eigenvalue weighted by Crippen LogP contribution is -2.26. The number of hydrogen-bond donors (Lipinski definition) is 1. The second-order valence-electron chi connectivity index (χ2n) is 4.97. The number of amides is 1. The Morgan fingerprint density at radius 1 is 1.19 bits per heavy atom. The quantitative estimate of drug-likeness (QED) is 0.883. The molecule has 21 heavy (non-hydrogen) atoms. The molecule has 0 saturated carbocycles. The van der Waals surface area contributed by atoms with Crippen molar-refractivity contribution in [3.05, 3.63) is 64.7 Å². The molecule has 2 aromatic rings. The predicted octanol–water partition coefficient (Wildman–Crippen LogP) is 3.13. The van der Waals surface area contributed by atoms with E-state index in [1.54, 1.807) is 25.2 Å². The molecule has 0 aliphatic carbocycles. The lowest BCUT2D eigenvalue weighted by Gasteiger charge is -2.18. The summed E-state index contributed by atoms with van der Waals surface area (Å²) in [6.07, 6.45) is 0. The lowest BCUT2D eigenvalue weighted by molar-refractivity contribution is 0.0784. The van der Waals surface area contributed by atoms with Gasteiger partial charge >= 0.3 is 0 Å². The first-order valence-corrected chi connectivity index (χ1v) is 6.44. The van der Waals surface area contributed by atoms with Gasteiger partial charge in [-0.2, -0.15) is 0 Å². The summed E-state index contributed by atoms with van der Waals surface area (Å²) >= 11 is 0. The molecule has 110 valence electrons. The fourth-order valence-electron chi connectivity index (χ4n) is 2.01. The monoisotopic (exact) mass is 290 g/mol. The predicted molar refractivity (Wildman–Crippen MR) is 77.7 cm³/mol. The molecule has 3 nitrogen and oxygen atoms in total. The van der Waals surface area contributed by atoms with Gasteiger partial charge in [0.25, 0.3) is 5.91 Å².